The van der Waals surface area contributed by atoms with Gasteiger partial charge in [-0.2, -0.15) is 0 Å². The van der Waals surface area contributed by atoms with Crippen molar-refractivity contribution in [1.29, 1.82) is 0 Å². The van der Waals surface area contributed by atoms with Gasteiger partial charge in [0.05, 0.1) is 26.9 Å². The number of nitrogens with zero attached hydrogens (tertiary/aromatic N) is 2. The highest BCUT2D eigenvalue weighted by molar-refractivity contribution is 7.16. The molecule has 1 saturated heterocycles. The Hall–Kier alpha value is -2.35. The number of morpholine rings is 1. The Morgan fingerprint density at radius 2 is 2.07 bits per heavy atom. The maximum Gasteiger partial charge on any atom is 0.268 e. The van der Waals surface area contributed by atoms with Crippen LogP contribution in [0.5, 0.6) is 5.75 Å². The Bertz CT molecular complexity index is 943. The molecule has 28 heavy (non-hydrogen) atoms. The van der Waals surface area contributed by atoms with Crippen LogP contribution in [0.4, 0.5) is 0 Å². The third-order valence-electron chi connectivity index (χ3n) is 5.07. The van der Waals surface area contributed by atoms with Crippen molar-refractivity contribution in [3.8, 4) is 5.75 Å². The summed E-state index contributed by atoms with van der Waals surface area (Å²) in [5.41, 5.74) is 1.74. The van der Waals surface area contributed by atoms with Gasteiger partial charge in [-0.15, -0.1) is 11.3 Å². The van der Waals surface area contributed by atoms with Gasteiger partial charge in [-0.3, -0.25) is 9.69 Å². The average molecular weight is 400 g/mol. The molecule has 0 aliphatic carbocycles. The Morgan fingerprint density at radius 3 is 2.89 bits per heavy atom. The number of carbonyl (C=O) groups is 1. The first-order chi connectivity index (χ1) is 13.8. The van der Waals surface area contributed by atoms with Gasteiger partial charge in [-0.1, -0.05) is 18.2 Å². The fourth-order valence-corrected chi connectivity index (χ4v) is 4.46. The number of benzene rings is 1. The van der Waals surface area contributed by atoms with Gasteiger partial charge < -0.3 is 19.4 Å². The summed E-state index contributed by atoms with van der Waals surface area (Å²) in [5, 5.41) is 6.24. The van der Waals surface area contributed by atoms with Crippen molar-refractivity contribution >= 4 is 27.5 Å². The van der Waals surface area contributed by atoms with Gasteiger partial charge in [-0.05, 0) is 23.6 Å². The van der Waals surface area contributed by atoms with Gasteiger partial charge in [0.2, 0.25) is 0 Å². The molecule has 0 unspecified atom stereocenters. The lowest BCUT2D eigenvalue weighted by Gasteiger charge is -2.26. The van der Waals surface area contributed by atoms with Crippen LogP contribution in [-0.2, 0) is 11.3 Å². The number of nitrogens with one attached hydrogen (secondary N) is 1. The number of ether oxygens (including phenoxy) is 2. The molecule has 0 radical (unpaired) electrons. The zero-order valence-corrected chi connectivity index (χ0v) is 16.8. The van der Waals surface area contributed by atoms with E-state index in [0.717, 1.165) is 54.4 Å². The number of para-hydroxylation sites is 1. The lowest BCUT2D eigenvalue weighted by atomic mass is 10.2. The second-order valence-corrected chi connectivity index (χ2v) is 7.71. The molecule has 6 nitrogen and oxygen atoms in total. The third-order valence-corrected chi connectivity index (χ3v) is 6.02. The summed E-state index contributed by atoms with van der Waals surface area (Å²) in [5.74, 6) is 0.797. The number of methoxy groups -OCH3 is 1. The standard InChI is InChI=1S/C21H25N3O3S/c1-26-19-5-3-2-4-17(19)15-24-18(14-16-6-13-28-21(16)24)20(25)22-7-8-23-9-11-27-12-10-23/h2-6,13-14H,7-12,15H2,1H3,(H,22,25). The molecule has 1 aliphatic rings. The van der Waals surface area contributed by atoms with Crippen LogP contribution in [-0.4, -0.2) is 61.9 Å². The van der Waals surface area contributed by atoms with E-state index in [4.69, 9.17) is 9.47 Å². The number of rotatable bonds is 7. The maximum atomic E-state index is 12.9. The first-order valence-corrected chi connectivity index (χ1v) is 10.4. The van der Waals surface area contributed by atoms with Crippen LogP contribution in [0.3, 0.4) is 0 Å². The molecule has 1 aromatic carbocycles. The molecule has 1 amide bonds. The molecular weight excluding hydrogens is 374 g/mol. The summed E-state index contributed by atoms with van der Waals surface area (Å²) < 4.78 is 13.0. The lowest BCUT2D eigenvalue weighted by molar-refractivity contribution is 0.0383. The molecular formula is C21H25N3O3S. The first kappa shape index (κ1) is 19.0. The summed E-state index contributed by atoms with van der Waals surface area (Å²) >= 11 is 1.65. The quantitative estimate of drug-likeness (QED) is 0.664. The van der Waals surface area contributed by atoms with Crippen molar-refractivity contribution in [1.82, 2.24) is 14.8 Å². The van der Waals surface area contributed by atoms with Crippen LogP contribution in [0.15, 0.2) is 41.8 Å². The summed E-state index contributed by atoms with van der Waals surface area (Å²) in [4.78, 5) is 16.3. The van der Waals surface area contributed by atoms with Crippen molar-refractivity contribution in [3.63, 3.8) is 0 Å². The summed E-state index contributed by atoms with van der Waals surface area (Å²) in [6, 6.07) is 12.0. The van der Waals surface area contributed by atoms with E-state index >= 15 is 0 Å². The van der Waals surface area contributed by atoms with E-state index in [9.17, 15) is 4.79 Å². The van der Waals surface area contributed by atoms with Crippen LogP contribution in [0.1, 0.15) is 16.1 Å². The number of amides is 1. The summed E-state index contributed by atoms with van der Waals surface area (Å²) in [6.45, 7) is 5.47. The number of hydrogen-bond acceptors (Lipinski definition) is 5. The van der Waals surface area contributed by atoms with E-state index in [1.54, 1.807) is 18.4 Å². The fourth-order valence-electron chi connectivity index (χ4n) is 3.57. The molecule has 3 heterocycles. The second kappa shape index (κ2) is 8.77. The maximum absolute atomic E-state index is 12.9. The minimum atomic E-state index is -0.0356. The SMILES string of the molecule is COc1ccccc1Cn1c(C(=O)NCCN2CCOCC2)cc2ccsc21. The molecule has 1 aliphatic heterocycles. The average Bonchev–Trinajstić information content (AvgIpc) is 3.32. The molecule has 1 fully saturated rings. The van der Waals surface area contributed by atoms with Gasteiger partial charge in [0, 0.05) is 37.1 Å². The smallest absolute Gasteiger partial charge is 0.268 e. The zero-order chi connectivity index (χ0) is 19.3. The van der Waals surface area contributed by atoms with Crippen LogP contribution in [0.2, 0.25) is 0 Å². The van der Waals surface area contributed by atoms with Crippen molar-refractivity contribution in [2.45, 2.75) is 6.54 Å². The predicted octanol–water partition coefficient (Wildman–Crippen LogP) is 2.82. The fraction of sp³-hybridized carbons (Fsp3) is 0.381. The van der Waals surface area contributed by atoms with Gasteiger partial charge in [0.1, 0.15) is 16.3 Å². The highest BCUT2D eigenvalue weighted by atomic mass is 32.1. The van der Waals surface area contributed by atoms with Gasteiger partial charge in [0.25, 0.3) is 5.91 Å². The molecule has 4 rings (SSSR count). The monoisotopic (exact) mass is 399 g/mol. The largest absolute Gasteiger partial charge is 0.496 e. The molecule has 148 valence electrons. The normalized spacial score (nSPS) is 15.0. The van der Waals surface area contributed by atoms with E-state index in [0.29, 0.717) is 18.8 Å². The molecule has 0 bridgehead atoms. The molecule has 0 saturated carbocycles. The van der Waals surface area contributed by atoms with Crippen LogP contribution in [0.25, 0.3) is 10.2 Å². The highest BCUT2D eigenvalue weighted by Crippen LogP contribution is 2.28. The zero-order valence-electron chi connectivity index (χ0n) is 16.0. The van der Waals surface area contributed by atoms with Gasteiger partial charge in [0.15, 0.2) is 0 Å². The van der Waals surface area contributed by atoms with Gasteiger partial charge >= 0.3 is 0 Å². The van der Waals surface area contributed by atoms with E-state index < -0.39 is 0 Å². The number of fused-ring (bicyclic) bond motifs is 1. The second-order valence-electron chi connectivity index (χ2n) is 6.82. The van der Waals surface area contributed by atoms with E-state index in [-0.39, 0.29) is 5.91 Å². The summed E-state index contributed by atoms with van der Waals surface area (Å²) in [6.07, 6.45) is 0. The minimum Gasteiger partial charge on any atom is -0.496 e. The number of thiophene rings is 1. The molecule has 0 spiro atoms. The van der Waals surface area contributed by atoms with E-state index in [1.807, 2.05) is 30.3 Å². The van der Waals surface area contributed by atoms with Crippen LogP contribution < -0.4 is 10.1 Å². The number of carbonyl (C=O) groups excluding carboxylic acids is 1. The summed E-state index contributed by atoms with van der Waals surface area (Å²) in [7, 11) is 1.68. The first-order valence-electron chi connectivity index (χ1n) is 9.53. The third kappa shape index (κ3) is 4.06. The van der Waals surface area contributed by atoms with Crippen molar-refractivity contribution in [2.24, 2.45) is 0 Å². The number of hydrogen-bond donors (Lipinski definition) is 1. The van der Waals surface area contributed by atoms with Crippen molar-refractivity contribution < 1.29 is 14.3 Å². The topological polar surface area (TPSA) is 55.7 Å². The Kier molecular flexibility index (Phi) is 5.95. The molecule has 0 atom stereocenters. The van der Waals surface area contributed by atoms with E-state index in [2.05, 4.69) is 26.2 Å². The van der Waals surface area contributed by atoms with Crippen molar-refractivity contribution in [3.05, 3.63) is 53.0 Å². The Morgan fingerprint density at radius 1 is 1.25 bits per heavy atom. The van der Waals surface area contributed by atoms with Crippen LogP contribution in [0, 0.1) is 0 Å². The van der Waals surface area contributed by atoms with Crippen molar-refractivity contribution in [2.75, 3.05) is 46.5 Å². The lowest BCUT2D eigenvalue weighted by Crippen LogP contribution is -2.41. The molecule has 3 aromatic rings. The Labute approximate surface area is 168 Å². The Balaban J connectivity index is 1.51. The molecule has 2 aromatic heterocycles. The molecule has 7 heteroatoms. The highest BCUT2D eigenvalue weighted by Gasteiger charge is 2.18. The van der Waals surface area contributed by atoms with Crippen LogP contribution >= 0.6 is 11.3 Å². The minimum absolute atomic E-state index is 0.0356. The number of aromatic nitrogens is 1. The van der Waals surface area contributed by atoms with E-state index in [1.165, 1.54) is 0 Å². The van der Waals surface area contributed by atoms with Gasteiger partial charge in [-0.25, -0.2) is 0 Å². The molecule has 1 N–H and O–H groups in total. The predicted molar refractivity (Wildman–Crippen MR) is 112 cm³/mol.